The van der Waals surface area contributed by atoms with Crippen molar-refractivity contribution in [1.29, 1.82) is 0 Å². The van der Waals surface area contributed by atoms with Gasteiger partial charge in [0.15, 0.2) is 0 Å². The average Bonchev–Trinajstić information content (AvgIpc) is 3.23. The monoisotopic (exact) mass is 243 g/mol. The summed E-state index contributed by atoms with van der Waals surface area (Å²) in [5.41, 5.74) is 7.82. The molecular formula is C14H14FN3. The molecule has 1 aliphatic rings. The molecule has 0 aliphatic heterocycles. The third-order valence-corrected chi connectivity index (χ3v) is 3.28. The van der Waals surface area contributed by atoms with Gasteiger partial charge in [-0.05, 0) is 36.5 Å². The molecule has 0 saturated heterocycles. The Morgan fingerprint density at radius 1 is 1.06 bits per heavy atom. The normalized spacial score (nSPS) is 16.6. The van der Waals surface area contributed by atoms with Crippen molar-refractivity contribution in [2.75, 3.05) is 0 Å². The van der Waals surface area contributed by atoms with E-state index in [-0.39, 0.29) is 11.9 Å². The zero-order valence-electron chi connectivity index (χ0n) is 9.88. The van der Waals surface area contributed by atoms with Gasteiger partial charge in [0.05, 0.1) is 6.04 Å². The molecule has 0 amide bonds. The van der Waals surface area contributed by atoms with Crippen LogP contribution in [0.25, 0.3) is 11.1 Å². The lowest BCUT2D eigenvalue weighted by molar-refractivity contribution is 0.593. The average molecular weight is 243 g/mol. The van der Waals surface area contributed by atoms with Gasteiger partial charge in [-0.15, -0.1) is 0 Å². The molecule has 3 nitrogen and oxygen atoms in total. The Morgan fingerprint density at radius 3 is 2.22 bits per heavy atom. The molecule has 1 fully saturated rings. The molecule has 0 radical (unpaired) electrons. The molecule has 2 N–H and O–H groups in total. The summed E-state index contributed by atoms with van der Waals surface area (Å²) in [6.45, 7) is 0. The highest BCUT2D eigenvalue weighted by Gasteiger charge is 2.31. The molecule has 18 heavy (non-hydrogen) atoms. The predicted octanol–water partition coefficient (Wildman–Crippen LogP) is 2.69. The first-order valence-corrected chi connectivity index (χ1v) is 6.07. The first-order valence-electron chi connectivity index (χ1n) is 6.07. The summed E-state index contributed by atoms with van der Waals surface area (Å²) < 4.78 is 12.8. The van der Waals surface area contributed by atoms with Crippen molar-refractivity contribution in [2.45, 2.75) is 18.9 Å². The number of benzene rings is 1. The van der Waals surface area contributed by atoms with E-state index in [1.54, 1.807) is 24.5 Å². The van der Waals surface area contributed by atoms with Crippen LogP contribution >= 0.6 is 0 Å². The van der Waals surface area contributed by atoms with E-state index < -0.39 is 0 Å². The molecule has 1 unspecified atom stereocenters. The second kappa shape index (κ2) is 4.46. The van der Waals surface area contributed by atoms with Crippen molar-refractivity contribution in [2.24, 2.45) is 11.7 Å². The Balaban J connectivity index is 1.83. The van der Waals surface area contributed by atoms with Gasteiger partial charge in [0.1, 0.15) is 11.6 Å². The number of aromatic nitrogens is 2. The molecule has 1 saturated carbocycles. The fourth-order valence-electron chi connectivity index (χ4n) is 1.97. The van der Waals surface area contributed by atoms with Crippen LogP contribution in [0.5, 0.6) is 0 Å². The summed E-state index contributed by atoms with van der Waals surface area (Å²) in [7, 11) is 0. The van der Waals surface area contributed by atoms with Crippen molar-refractivity contribution in [3.8, 4) is 11.1 Å². The fourth-order valence-corrected chi connectivity index (χ4v) is 1.97. The molecule has 1 aromatic heterocycles. The maximum absolute atomic E-state index is 12.8. The summed E-state index contributed by atoms with van der Waals surface area (Å²) in [6.07, 6.45) is 5.84. The van der Waals surface area contributed by atoms with E-state index in [1.165, 1.54) is 25.0 Å². The van der Waals surface area contributed by atoms with Crippen molar-refractivity contribution in [3.63, 3.8) is 0 Å². The minimum Gasteiger partial charge on any atom is -0.321 e. The molecule has 92 valence electrons. The molecule has 1 heterocycles. The Bertz CT molecular complexity index is 532. The maximum Gasteiger partial charge on any atom is 0.145 e. The molecule has 3 rings (SSSR count). The van der Waals surface area contributed by atoms with E-state index in [0.717, 1.165) is 11.1 Å². The minimum absolute atomic E-state index is 0.0488. The van der Waals surface area contributed by atoms with Gasteiger partial charge >= 0.3 is 0 Å². The van der Waals surface area contributed by atoms with Gasteiger partial charge in [-0.2, -0.15) is 0 Å². The van der Waals surface area contributed by atoms with Crippen LogP contribution in [-0.4, -0.2) is 9.97 Å². The summed E-state index contributed by atoms with van der Waals surface area (Å²) in [4.78, 5) is 8.62. The molecule has 1 aromatic carbocycles. The molecule has 1 aliphatic carbocycles. The zero-order chi connectivity index (χ0) is 12.5. The number of hydrogen-bond donors (Lipinski definition) is 1. The third-order valence-electron chi connectivity index (χ3n) is 3.28. The molecule has 2 aromatic rings. The molecule has 4 heteroatoms. The Labute approximate surface area is 105 Å². The Morgan fingerprint density at radius 2 is 1.67 bits per heavy atom. The van der Waals surface area contributed by atoms with E-state index in [9.17, 15) is 4.39 Å². The van der Waals surface area contributed by atoms with Crippen LogP contribution in [0.4, 0.5) is 4.39 Å². The van der Waals surface area contributed by atoms with Crippen LogP contribution in [0.3, 0.4) is 0 Å². The first-order chi connectivity index (χ1) is 8.74. The summed E-state index contributed by atoms with van der Waals surface area (Å²) in [5.74, 6) is 0.997. The van der Waals surface area contributed by atoms with Gasteiger partial charge in [0.2, 0.25) is 0 Å². The third kappa shape index (κ3) is 2.24. The van der Waals surface area contributed by atoms with Gasteiger partial charge in [0.25, 0.3) is 0 Å². The van der Waals surface area contributed by atoms with Crippen LogP contribution in [0.2, 0.25) is 0 Å². The highest BCUT2D eigenvalue weighted by Crippen LogP contribution is 2.38. The second-order valence-corrected chi connectivity index (χ2v) is 4.70. The number of nitrogens with zero attached hydrogens (tertiary/aromatic N) is 2. The smallest absolute Gasteiger partial charge is 0.145 e. The summed E-state index contributed by atoms with van der Waals surface area (Å²) >= 11 is 0. The van der Waals surface area contributed by atoms with E-state index >= 15 is 0 Å². The van der Waals surface area contributed by atoms with Crippen molar-refractivity contribution >= 4 is 0 Å². The van der Waals surface area contributed by atoms with Crippen LogP contribution in [0.1, 0.15) is 24.7 Å². The van der Waals surface area contributed by atoms with Crippen molar-refractivity contribution < 1.29 is 4.39 Å². The lowest BCUT2D eigenvalue weighted by Crippen LogP contribution is -2.15. The van der Waals surface area contributed by atoms with Gasteiger partial charge in [0, 0.05) is 18.0 Å². The Hall–Kier alpha value is -1.81. The van der Waals surface area contributed by atoms with Crippen LogP contribution < -0.4 is 5.73 Å². The lowest BCUT2D eigenvalue weighted by Gasteiger charge is -2.08. The van der Waals surface area contributed by atoms with Crippen LogP contribution in [-0.2, 0) is 0 Å². The van der Waals surface area contributed by atoms with E-state index in [0.29, 0.717) is 11.7 Å². The molecule has 1 atom stereocenters. The van der Waals surface area contributed by atoms with E-state index in [1.807, 2.05) is 0 Å². The number of halogens is 1. The predicted molar refractivity (Wildman–Crippen MR) is 67.1 cm³/mol. The second-order valence-electron chi connectivity index (χ2n) is 4.70. The van der Waals surface area contributed by atoms with E-state index in [2.05, 4.69) is 9.97 Å². The highest BCUT2D eigenvalue weighted by molar-refractivity contribution is 5.61. The van der Waals surface area contributed by atoms with Crippen molar-refractivity contribution in [3.05, 3.63) is 48.3 Å². The largest absolute Gasteiger partial charge is 0.321 e. The van der Waals surface area contributed by atoms with Gasteiger partial charge in [-0.1, -0.05) is 12.1 Å². The lowest BCUT2D eigenvalue weighted by atomic mass is 10.1. The van der Waals surface area contributed by atoms with Gasteiger partial charge < -0.3 is 5.73 Å². The minimum atomic E-state index is -0.243. The summed E-state index contributed by atoms with van der Waals surface area (Å²) in [5, 5.41) is 0. The van der Waals surface area contributed by atoms with E-state index in [4.69, 9.17) is 5.73 Å². The quantitative estimate of drug-likeness (QED) is 0.901. The maximum atomic E-state index is 12.8. The highest BCUT2D eigenvalue weighted by atomic mass is 19.1. The van der Waals surface area contributed by atoms with Gasteiger partial charge in [-0.25, -0.2) is 14.4 Å². The standard InChI is InChI=1S/C14H14FN3/c15-12-5-3-9(4-6-12)11-7-17-14(18-8-11)13(16)10-1-2-10/h3-8,10,13H,1-2,16H2. The van der Waals surface area contributed by atoms with Crippen molar-refractivity contribution in [1.82, 2.24) is 9.97 Å². The first kappa shape index (κ1) is 11.3. The summed E-state index contributed by atoms with van der Waals surface area (Å²) in [6, 6.07) is 6.24. The number of rotatable bonds is 3. The number of nitrogens with two attached hydrogens (primary N) is 1. The van der Waals surface area contributed by atoms with Gasteiger partial charge in [-0.3, -0.25) is 0 Å². The molecular weight excluding hydrogens is 229 g/mol. The Kier molecular flexibility index (Phi) is 2.80. The molecule has 0 spiro atoms. The number of hydrogen-bond acceptors (Lipinski definition) is 3. The fraction of sp³-hybridized carbons (Fsp3) is 0.286. The molecule has 0 bridgehead atoms. The van der Waals surface area contributed by atoms with Crippen LogP contribution in [0, 0.1) is 11.7 Å². The SMILES string of the molecule is NC(c1ncc(-c2ccc(F)cc2)cn1)C1CC1. The topological polar surface area (TPSA) is 51.8 Å². The zero-order valence-corrected chi connectivity index (χ0v) is 9.88. The van der Waals surface area contributed by atoms with Crippen LogP contribution in [0.15, 0.2) is 36.7 Å².